The summed E-state index contributed by atoms with van der Waals surface area (Å²) in [5.41, 5.74) is 1.54. The summed E-state index contributed by atoms with van der Waals surface area (Å²) in [7, 11) is 0. The van der Waals surface area contributed by atoms with Crippen molar-refractivity contribution < 1.29 is 4.79 Å². The van der Waals surface area contributed by atoms with E-state index in [4.69, 9.17) is 11.6 Å². The Morgan fingerprint density at radius 1 is 1.50 bits per heavy atom. The van der Waals surface area contributed by atoms with Crippen molar-refractivity contribution in [2.24, 2.45) is 0 Å². The SMILES string of the molecule is CCCn1cc(Cl)cc1C(=O)Nc1cc(C(C)C)[nH]n1. The number of nitrogens with zero attached hydrogens (tertiary/aromatic N) is 2. The largest absolute Gasteiger partial charge is 0.342 e. The predicted molar refractivity (Wildman–Crippen MR) is 80.4 cm³/mol. The Labute approximate surface area is 123 Å². The number of aryl methyl sites for hydroxylation is 1. The smallest absolute Gasteiger partial charge is 0.273 e. The molecule has 2 rings (SSSR count). The number of amides is 1. The van der Waals surface area contributed by atoms with E-state index in [2.05, 4.69) is 36.3 Å². The zero-order chi connectivity index (χ0) is 14.7. The first-order chi connectivity index (χ1) is 9.51. The highest BCUT2D eigenvalue weighted by atomic mass is 35.5. The van der Waals surface area contributed by atoms with Gasteiger partial charge in [-0.3, -0.25) is 9.89 Å². The van der Waals surface area contributed by atoms with Crippen molar-refractivity contribution in [1.29, 1.82) is 0 Å². The third-order valence-electron chi connectivity index (χ3n) is 3.02. The molecule has 0 unspecified atom stereocenters. The molecule has 1 amide bonds. The predicted octanol–water partition coefficient (Wildman–Crippen LogP) is 3.65. The van der Waals surface area contributed by atoms with Crippen molar-refractivity contribution >= 4 is 23.3 Å². The number of anilines is 1. The molecule has 0 atom stereocenters. The Hall–Kier alpha value is -1.75. The maximum absolute atomic E-state index is 12.3. The average molecular weight is 295 g/mol. The number of carbonyl (C=O) groups is 1. The number of aromatic nitrogens is 3. The van der Waals surface area contributed by atoms with Crippen molar-refractivity contribution in [3.05, 3.63) is 34.7 Å². The highest BCUT2D eigenvalue weighted by Gasteiger charge is 2.14. The highest BCUT2D eigenvalue weighted by Crippen LogP contribution is 2.18. The molecule has 20 heavy (non-hydrogen) atoms. The number of hydrogen-bond acceptors (Lipinski definition) is 2. The maximum atomic E-state index is 12.3. The van der Waals surface area contributed by atoms with E-state index in [-0.39, 0.29) is 5.91 Å². The van der Waals surface area contributed by atoms with Gasteiger partial charge in [0, 0.05) is 24.5 Å². The van der Waals surface area contributed by atoms with E-state index in [0.717, 1.165) is 18.7 Å². The van der Waals surface area contributed by atoms with Gasteiger partial charge in [0.25, 0.3) is 5.91 Å². The molecule has 0 aliphatic heterocycles. The van der Waals surface area contributed by atoms with E-state index in [0.29, 0.717) is 22.5 Å². The minimum absolute atomic E-state index is 0.202. The zero-order valence-corrected chi connectivity index (χ0v) is 12.7. The summed E-state index contributed by atoms with van der Waals surface area (Å²) in [6, 6.07) is 3.51. The van der Waals surface area contributed by atoms with Crippen LogP contribution < -0.4 is 5.32 Å². The van der Waals surface area contributed by atoms with Gasteiger partial charge >= 0.3 is 0 Å². The summed E-state index contributed by atoms with van der Waals surface area (Å²) in [6.07, 6.45) is 2.70. The molecule has 0 aliphatic carbocycles. The summed E-state index contributed by atoms with van der Waals surface area (Å²) in [5.74, 6) is 0.665. The summed E-state index contributed by atoms with van der Waals surface area (Å²) in [5, 5.41) is 10.3. The topological polar surface area (TPSA) is 62.7 Å². The molecule has 0 aromatic carbocycles. The number of H-pyrrole nitrogens is 1. The number of rotatable bonds is 5. The standard InChI is InChI=1S/C14H19ClN4O/c1-4-5-19-8-10(15)6-12(19)14(20)16-13-7-11(9(2)3)17-18-13/h6-9H,4-5H2,1-3H3,(H2,16,17,18,20). The van der Waals surface area contributed by atoms with E-state index in [1.54, 1.807) is 12.3 Å². The summed E-state index contributed by atoms with van der Waals surface area (Å²) < 4.78 is 1.85. The molecule has 0 bridgehead atoms. The van der Waals surface area contributed by atoms with Gasteiger partial charge in [-0.05, 0) is 18.4 Å². The molecule has 0 spiro atoms. The van der Waals surface area contributed by atoms with Crippen LogP contribution in [0.2, 0.25) is 5.02 Å². The molecule has 0 aliphatic rings. The highest BCUT2D eigenvalue weighted by molar-refractivity contribution is 6.31. The first-order valence-corrected chi connectivity index (χ1v) is 7.11. The van der Waals surface area contributed by atoms with Crippen LogP contribution in [0.15, 0.2) is 18.3 Å². The van der Waals surface area contributed by atoms with Crippen molar-refractivity contribution in [3.63, 3.8) is 0 Å². The van der Waals surface area contributed by atoms with Crippen molar-refractivity contribution in [3.8, 4) is 0 Å². The minimum atomic E-state index is -0.202. The lowest BCUT2D eigenvalue weighted by Gasteiger charge is -2.06. The lowest BCUT2D eigenvalue weighted by Crippen LogP contribution is -2.17. The number of carbonyl (C=O) groups excluding carboxylic acids is 1. The van der Waals surface area contributed by atoms with Crippen LogP contribution >= 0.6 is 11.6 Å². The second-order valence-electron chi connectivity index (χ2n) is 5.05. The first kappa shape index (κ1) is 14.7. The van der Waals surface area contributed by atoms with Gasteiger partial charge in [-0.1, -0.05) is 32.4 Å². The van der Waals surface area contributed by atoms with Gasteiger partial charge in [-0.2, -0.15) is 5.10 Å². The number of nitrogens with one attached hydrogen (secondary N) is 2. The molecular weight excluding hydrogens is 276 g/mol. The molecule has 5 nitrogen and oxygen atoms in total. The molecule has 0 saturated carbocycles. The van der Waals surface area contributed by atoms with Crippen LogP contribution in [0.3, 0.4) is 0 Å². The molecule has 2 N–H and O–H groups in total. The van der Waals surface area contributed by atoms with Gasteiger partial charge in [-0.15, -0.1) is 0 Å². The Kier molecular flexibility index (Phi) is 4.49. The molecule has 0 fully saturated rings. The van der Waals surface area contributed by atoms with Crippen molar-refractivity contribution in [1.82, 2.24) is 14.8 Å². The third-order valence-corrected chi connectivity index (χ3v) is 3.23. The van der Waals surface area contributed by atoms with Crippen LogP contribution in [0, 0.1) is 0 Å². The van der Waals surface area contributed by atoms with E-state index in [9.17, 15) is 4.79 Å². The van der Waals surface area contributed by atoms with Crippen LogP contribution in [0.1, 0.15) is 49.3 Å². The molecular formula is C14H19ClN4O. The number of aromatic amines is 1. The van der Waals surface area contributed by atoms with Crippen LogP contribution in [-0.4, -0.2) is 20.7 Å². The molecule has 0 radical (unpaired) electrons. The quantitative estimate of drug-likeness (QED) is 0.884. The Bertz CT molecular complexity index is 600. The summed E-state index contributed by atoms with van der Waals surface area (Å²) >= 11 is 5.97. The van der Waals surface area contributed by atoms with Gasteiger partial charge < -0.3 is 9.88 Å². The second-order valence-corrected chi connectivity index (χ2v) is 5.49. The van der Waals surface area contributed by atoms with Crippen LogP contribution in [-0.2, 0) is 6.54 Å². The third kappa shape index (κ3) is 3.22. The Balaban J connectivity index is 2.14. The Morgan fingerprint density at radius 2 is 2.25 bits per heavy atom. The fraction of sp³-hybridized carbons (Fsp3) is 0.429. The lowest BCUT2D eigenvalue weighted by molar-refractivity contribution is 0.101. The van der Waals surface area contributed by atoms with Crippen molar-refractivity contribution in [2.75, 3.05) is 5.32 Å². The average Bonchev–Trinajstić information content (AvgIpc) is 2.97. The van der Waals surface area contributed by atoms with Gasteiger partial charge in [0.05, 0.1) is 5.02 Å². The van der Waals surface area contributed by atoms with Crippen LogP contribution in [0.25, 0.3) is 0 Å². The van der Waals surface area contributed by atoms with Gasteiger partial charge in [0.1, 0.15) is 5.69 Å². The first-order valence-electron chi connectivity index (χ1n) is 6.73. The molecule has 2 aromatic rings. The zero-order valence-electron chi connectivity index (χ0n) is 11.9. The second kappa shape index (κ2) is 6.13. The molecule has 108 valence electrons. The van der Waals surface area contributed by atoms with Crippen LogP contribution in [0.4, 0.5) is 5.82 Å². The number of hydrogen-bond donors (Lipinski definition) is 2. The minimum Gasteiger partial charge on any atom is -0.342 e. The van der Waals surface area contributed by atoms with E-state index >= 15 is 0 Å². The summed E-state index contributed by atoms with van der Waals surface area (Å²) in [6.45, 7) is 6.93. The summed E-state index contributed by atoms with van der Waals surface area (Å²) in [4.78, 5) is 12.3. The van der Waals surface area contributed by atoms with Crippen molar-refractivity contribution in [2.45, 2.75) is 39.7 Å². The van der Waals surface area contributed by atoms with E-state index in [1.165, 1.54) is 0 Å². The maximum Gasteiger partial charge on any atom is 0.273 e. The molecule has 2 heterocycles. The van der Waals surface area contributed by atoms with Gasteiger partial charge in [0.15, 0.2) is 5.82 Å². The monoisotopic (exact) mass is 294 g/mol. The fourth-order valence-electron chi connectivity index (χ4n) is 1.97. The lowest BCUT2D eigenvalue weighted by atomic mass is 10.1. The molecule has 6 heteroatoms. The molecule has 2 aromatic heterocycles. The van der Waals surface area contributed by atoms with E-state index < -0.39 is 0 Å². The number of halogens is 1. The van der Waals surface area contributed by atoms with Crippen LogP contribution in [0.5, 0.6) is 0 Å². The van der Waals surface area contributed by atoms with E-state index in [1.807, 2.05) is 10.6 Å². The van der Waals surface area contributed by atoms with Gasteiger partial charge in [0.2, 0.25) is 0 Å². The van der Waals surface area contributed by atoms with Gasteiger partial charge in [-0.25, -0.2) is 0 Å². The fourth-order valence-corrected chi connectivity index (χ4v) is 2.19. The Morgan fingerprint density at radius 3 is 2.85 bits per heavy atom. The normalized spacial score (nSPS) is 11.1. The molecule has 0 saturated heterocycles.